The zero-order valence-electron chi connectivity index (χ0n) is 29.2. The summed E-state index contributed by atoms with van der Waals surface area (Å²) in [6.45, 7) is 3.03. The Morgan fingerprint density at radius 2 is 1.13 bits per heavy atom. The normalized spacial score (nSPS) is 13.0. The third-order valence-corrected chi connectivity index (χ3v) is 9.85. The van der Waals surface area contributed by atoms with Crippen molar-refractivity contribution >= 4 is 38.3 Å². The Kier molecular flexibility index (Phi) is 8.56. The summed E-state index contributed by atoms with van der Waals surface area (Å²) in [4.78, 5) is 0. The van der Waals surface area contributed by atoms with Gasteiger partial charge in [-0.05, 0) is 108 Å². The first kappa shape index (κ1) is 34.8. The Labute approximate surface area is 307 Å². The van der Waals surface area contributed by atoms with Crippen molar-refractivity contribution in [3.05, 3.63) is 175 Å². The molecule has 0 atom stereocenters. The lowest BCUT2D eigenvalue weighted by Crippen LogP contribution is -2.10. The second kappa shape index (κ2) is 13.3. The van der Waals surface area contributed by atoms with Crippen LogP contribution in [0.25, 0.3) is 71.9 Å². The molecule has 0 aliphatic rings. The molecule has 0 saturated carbocycles. The molecule has 0 aliphatic heterocycles. The van der Waals surface area contributed by atoms with Crippen LogP contribution in [-0.2, 0) is 6.18 Å². The molecule has 0 radical (unpaired) electrons. The summed E-state index contributed by atoms with van der Waals surface area (Å²) in [6, 6.07) is 44.6. The fraction of sp³-hybridized carbons (Fsp3) is 0.0870. The van der Waals surface area contributed by atoms with Gasteiger partial charge in [-0.15, -0.1) is 0 Å². The minimum Gasteiger partial charge on any atom is -0.310 e. The van der Waals surface area contributed by atoms with E-state index in [0.717, 1.165) is 51.4 Å². The van der Waals surface area contributed by atoms with Gasteiger partial charge in [-0.3, -0.25) is 0 Å². The summed E-state index contributed by atoms with van der Waals surface area (Å²) >= 11 is 0. The first-order chi connectivity index (χ1) is 25.9. The lowest BCUT2D eigenvalue weighted by atomic mass is 9.98. The average Bonchev–Trinajstić information content (AvgIpc) is 3.72. The van der Waals surface area contributed by atoms with E-state index in [9.17, 15) is 26.3 Å². The van der Waals surface area contributed by atoms with Crippen molar-refractivity contribution in [2.24, 2.45) is 0 Å². The largest absolute Gasteiger partial charge is 0.416 e. The van der Waals surface area contributed by atoms with Crippen LogP contribution in [-0.4, -0.2) is 15.3 Å². The second-order valence-corrected chi connectivity index (χ2v) is 13.3. The van der Waals surface area contributed by atoms with E-state index in [1.54, 1.807) is 13.0 Å². The van der Waals surface area contributed by atoms with Gasteiger partial charge in [-0.1, -0.05) is 91.0 Å². The zero-order valence-corrected chi connectivity index (χ0v) is 29.2. The Morgan fingerprint density at radius 1 is 0.519 bits per heavy atom. The van der Waals surface area contributed by atoms with Crippen molar-refractivity contribution < 1.29 is 26.3 Å². The topological polar surface area (TPSA) is 9.86 Å². The summed E-state index contributed by atoms with van der Waals surface area (Å²) < 4.78 is 87.8. The monoisotopic (exact) mass is 726 g/mol. The van der Waals surface area contributed by atoms with Gasteiger partial charge in [0.1, 0.15) is 0 Å². The summed E-state index contributed by atoms with van der Waals surface area (Å²) in [5.41, 5.74) is 6.63. The zero-order chi connectivity index (χ0) is 37.8. The number of nitrogens with zero attached hydrogens (tertiary/aromatic N) is 2. The van der Waals surface area contributed by atoms with Crippen LogP contribution in [0, 0.1) is 0 Å². The summed E-state index contributed by atoms with van der Waals surface area (Å²) in [5, 5.41) is 1.95. The van der Waals surface area contributed by atoms with E-state index in [1.807, 2.05) is 124 Å². The van der Waals surface area contributed by atoms with E-state index in [1.165, 1.54) is 19.1 Å². The molecule has 8 aromatic rings. The molecule has 0 aliphatic carbocycles. The van der Waals surface area contributed by atoms with E-state index in [4.69, 9.17) is 0 Å². The van der Waals surface area contributed by atoms with Gasteiger partial charge in [0.05, 0.1) is 27.7 Å². The van der Waals surface area contributed by atoms with Crippen LogP contribution in [0.4, 0.5) is 26.3 Å². The lowest BCUT2D eigenvalue weighted by molar-refractivity contribution is -0.137. The van der Waals surface area contributed by atoms with E-state index in [0.29, 0.717) is 44.4 Å². The van der Waals surface area contributed by atoms with Gasteiger partial charge in [-0.2, -0.15) is 26.3 Å². The number of halogens is 6. The molecule has 2 nitrogen and oxygen atoms in total. The van der Waals surface area contributed by atoms with Crippen LogP contribution < -0.4 is 0 Å². The highest BCUT2D eigenvalue weighted by atomic mass is 19.4. The minimum absolute atomic E-state index is 0.409. The van der Waals surface area contributed by atoms with Crippen molar-refractivity contribution in [2.75, 3.05) is 0 Å². The quantitative estimate of drug-likeness (QED) is 0.119. The Bertz CT molecular complexity index is 2760. The van der Waals surface area contributed by atoms with Gasteiger partial charge >= 0.3 is 12.4 Å². The highest BCUT2D eigenvalue weighted by Crippen LogP contribution is 2.40. The van der Waals surface area contributed by atoms with Gasteiger partial charge in [0.15, 0.2) is 0 Å². The number of aromatic nitrogens is 2. The van der Waals surface area contributed by atoms with E-state index in [-0.39, 0.29) is 0 Å². The van der Waals surface area contributed by atoms with Crippen LogP contribution in [0.15, 0.2) is 163 Å². The molecule has 8 rings (SSSR count). The summed E-state index contributed by atoms with van der Waals surface area (Å²) in [5.74, 6) is 0. The molecule has 6 aromatic carbocycles. The van der Waals surface area contributed by atoms with Crippen LogP contribution in [0.3, 0.4) is 0 Å². The minimum atomic E-state index is -4.54. The molecule has 268 valence electrons. The molecular weight excluding hydrogens is 695 g/mol. The van der Waals surface area contributed by atoms with Crippen LogP contribution >= 0.6 is 0 Å². The molecule has 0 saturated heterocycles. The molecule has 0 fully saturated rings. The average molecular weight is 727 g/mol. The van der Waals surface area contributed by atoms with Gasteiger partial charge < -0.3 is 9.13 Å². The van der Waals surface area contributed by atoms with E-state index >= 15 is 0 Å². The fourth-order valence-corrected chi connectivity index (χ4v) is 7.32. The molecule has 8 heteroatoms. The number of alkyl halides is 6. The molecule has 0 unspecified atom stereocenters. The summed E-state index contributed by atoms with van der Waals surface area (Å²) in [7, 11) is 0. The number of hydrogen-bond acceptors (Lipinski definition) is 0. The smallest absolute Gasteiger partial charge is 0.310 e. The maximum Gasteiger partial charge on any atom is 0.416 e. The molecule has 54 heavy (non-hydrogen) atoms. The van der Waals surface area contributed by atoms with Crippen LogP contribution in [0.2, 0.25) is 0 Å². The van der Waals surface area contributed by atoms with Gasteiger partial charge in [-0.25, -0.2) is 0 Å². The summed E-state index contributed by atoms with van der Waals surface area (Å²) in [6.07, 6.45) is -6.85. The molecule has 2 heterocycles. The maximum atomic E-state index is 14.0. The number of fused-ring (bicyclic) bond motifs is 4. The number of allylic oxidation sites excluding steroid dienone is 4. The SMILES string of the molecule is C/C=C(\C=C(\C)c1cc2ccccc2n1-c1cc(-c2cccc(-c3ccccc3)c2)cc(-n2c3ccccc3c3cc(C(F)(F)F)ccc32)c1)C(F)(F)F. The van der Waals surface area contributed by atoms with Crippen molar-refractivity contribution in [1.82, 2.24) is 9.13 Å². The number of benzene rings is 6. The maximum absolute atomic E-state index is 14.0. The highest BCUT2D eigenvalue weighted by molar-refractivity contribution is 6.09. The lowest BCUT2D eigenvalue weighted by Gasteiger charge is -2.18. The Morgan fingerprint density at radius 3 is 1.83 bits per heavy atom. The molecule has 0 spiro atoms. The van der Waals surface area contributed by atoms with Crippen molar-refractivity contribution in [2.45, 2.75) is 26.2 Å². The van der Waals surface area contributed by atoms with Crippen LogP contribution in [0.1, 0.15) is 25.1 Å². The number of para-hydroxylation sites is 2. The Balaban J connectivity index is 1.44. The first-order valence-electron chi connectivity index (χ1n) is 17.4. The Hall–Kier alpha value is -6.28. The number of rotatable bonds is 6. The molecule has 0 N–H and O–H groups in total. The van der Waals surface area contributed by atoms with Crippen molar-refractivity contribution in [3.8, 4) is 33.6 Å². The predicted molar refractivity (Wildman–Crippen MR) is 207 cm³/mol. The number of hydrogen-bond donors (Lipinski definition) is 0. The van der Waals surface area contributed by atoms with Crippen molar-refractivity contribution in [1.29, 1.82) is 0 Å². The fourth-order valence-electron chi connectivity index (χ4n) is 7.32. The van der Waals surface area contributed by atoms with E-state index < -0.39 is 23.5 Å². The second-order valence-electron chi connectivity index (χ2n) is 13.3. The highest BCUT2D eigenvalue weighted by Gasteiger charge is 2.32. The standard InChI is InChI=1S/C46H32F6N2/c1-3-35(45(47,48)49)22-29(2)44-26-33-14-7-9-18-41(33)53(44)37-24-34(32-16-11-15-31(23-32)30-12-5-4-6-13-30)25-38(28-37)54-42-19-10-8-17-39(42)40-27-36(46(50,51)52)20-21-43(40)54/h3-28H,1-2H3/b29-22-,35-3+. The first-order valence-corrected chi connectivity index (χ1v) is 17.4. The third kappa shape index (κ3) is 6.27. The van der Waals surface area contributed by atoms with Gasteiger partial charge in [0, 0.05) is 33.2 Å². The molecule has 2 aromatic heterocycles. The van der Waals surface area contributed by atoms with Gasteiger partial charge in [0.25, 0.3) is 0 Å². The van der Waals surface area contributed by atoms with E-state index in [2.05, 4.69) is 6.07 Å². The predicted octanol–water partition coefficient (Wildman–Crippen LogP) is 14.0. The molecule has 0 amide bonds. The molecular formula is C46H32F6N2. The third-order valence-electron chi connectivity index (χ3n) is 9.85. The molecule has 0 bridgehead atoms. The van der Waals surface area contributed by atoms with Crippen LogP contribution in [0.5, 0.6) is 0 Å². The van der Waals surface area contributed by atoms with Gasteiger partial charge in [0.2, 0.25) is 0 Å². The van der Waals surface area contributed by atoms with Crippen molar-refractivity contribution in [3.63, 3.8) is 0 Å².